The molecule has 0 N–H and O–H groups in total. The van der Waals surface area contributed by atoms with Gasteiger partial charge in [-0.2, -0.15) is 0 Å². The van der Waals surface area contributed by atoms with Crippen LogP contribution >= 0.6 is 0 Å². The molecule has 3 rings (SSSR count). The van der Waals surface area contributed by atoms with Crippen LogP contribution in [0.5, 0.6) is 0 Å². The standard InChI is InChI=1S/C16H12N4O4/c21-19(22)12-7-8-15(16(11-12)20(23)24)18-10-4-2-6-14(18)13-5-1-3-9-17-13/h1-9,11H,10H2. The summed E-state index contributed by atoms with van der Waals surface area (Å²) < 4.78 is 0. The van der Waals surface area contributed by atoms with Crippen molar-refractivity contribution in [2.45, 2.75) is 0 Å². The van der Waals surface area contributed by atoms with Crippen LogP contribution in [0, 0.1) is 20.2 Å². The fourth-order valence-corrected chi connectivity index (χ4v) is 2.48. The van der Waals surface area contributed by atoms with Gasteiger partial charge in [0.25, 0.3) is 11.4 Å². The lowest BCUT2D eigenvalue weighted by Crippen LogP contribution is -2.24. The van der Waals surface area contributed by atoms with Gasteiger partial charge in [-0.3, -0.25) is 25.2 Å². The molecule has 1 aliphatic rings. The summed E-state index contributed by atoms with van der Waals surface area (Å²) in [6.45, 7) is 0.404. The molecule has 0 saturated carbocycles. The Kier molecular flexibility index (Phi) is 4.02. The van der Waals surface area contributed by atoms with Gasteiger partial charge in [0, 0.05) is 18.8 Å². The average Bonchev–Trinajstić information content (AvgIpc) is 2.62. The number of nitrogens with zero attached hydrogens (tertiary/aromatic N) is 4. The molecule has 24 heavy (non-hydrogen) atoms. The first kappa shape index (κ1) is 15.3. The second-order valence-electron chi connectivity index (χ2n) is 4.99. The molecule has 0 atom stereocenters. The molecule has 1 aromatic carbocycles. The van der Waals surface area contributed by atoms with E-state index in [1.54, 1.807) is 29.3 Å². The Hall–Kier alpha value is -3.55. The van der Waals surface area contributed by atoms with Crippen molar-refractivity contribution in [1.82, 2.24) is 4.98 Å². The predicted molar refractivity (Wildman–Crippen MR) is 88.5 cm³/mol. The van der Waals surface area contributed by atoms with Crippen LogP contribution in [0.2, 0.25) is 0 Å². The molecule has 2 heterocycles. The fourth-order valence-electron chi connectivity index (χ4n) is 2.48. The summed E-state index contributed by atoms with van der Waals surface area (Å²) in [6.07, 6.45) is 7.13. The van der Waals surface area contributed by atoms with Crippen molar-refractivity contribution in [1.29, 1.82) is 0 Å². The first-order valence-electron chi connectivity index (χ1n) is 7.06. The normalized spacial score (nSPS) is 13.5. The van der Waals surface area contributed by atoms with Crippen molar-refractivity contribution >= 4 is 22.8 Å². The number of hydrogen-bond donors (Lipinski definition) is 0. The van der Waals surface area contributed by atoms with Crippen LogP contribution in [0.15, 0.2) is 60.8 Å². The van der Waals surface area contributed by atoms with Crippen molar-refractivity contribution in [3.05, 3.63) is 86.7 Å². The smallest absolute Gasteiger partial charge is 0.299 e. The maximum Gasteiger partial charge on any atom is 0.299 e. The minimum Gasteiger partial charge on any atom is -0.330 e. The van der Waals surface area contributed by atoms with E-state index in [2.05, 4.69) is 4.98 Å². The summed E-state index contributed by atoms with van der Waals surface area (Å²) in [5, 5.41) is 22.3. The highest BCUT2D eigenvalue weighted by atomic mass is 16.6. The topological polar surface area (TPSA) is 102 Å². The average molecular weight is 324 g/mol. The van der Waals surface area contributed by atoms with E-state index in [-0.39, 0.29) is 17.1 Å². The van der Waals surface area contributed by atoms with Gasteiger partial charge in [0.15, 0.2) is 0 Å². The Morgan fingerprint density at radius 1 is 1.08 bits per heavy atom. The van der Waals surface area contributed by atoms with E-state index in [1.807, 2.05) is 18.2 Å². The van der Waals surface area contributed by atoms with Crippen LogP contribution < -0.4 is 4.90 Å². The van der Waals surface area contributed by atoms with Gasteiger partial charge in [0.1, 0.15) is 5.69 Å². The van der Waals surface area contributed by atoms with Gasteiger partial charge in [-0.25, -0.2) is 0 Å². The van der Waals surface area contributed by atoms with Crippen LogP contribution in [0.25, 0.3) is 5.70 Å². The zero-order chi connectivity index (χ0) is 17.1. The summed E-state index contributed by atoms with van der Waals surface area (Å²) in [4.78, 5) is 27.0. The molecule has 0 bridgehead atoms. The molecule has 8 heteroatoms. The minimum atomic E-state index is -0.650. The highest BCUT2D eigenvalue weighted by molar-refractivity contribution is 5.84. The van der Waals surface area contributed by atoms with Crippen molar-refractivity contribution in [2.75, 3.05) is 11.4 Å². The summed E-state index contributed by atoms with van der Waals surface area (Å²) in [6, 6.07) is 9.03. The third kappa shape index (κ3) is 2.84. The Morgan fingerprint density at radius 2 is 1.92 bits per heavy atom. The van der Waals surface area contributed by atoms with E-state index in [1.165, 1.54) is 12.1 Å². The Bertz CT molecular complexity index is 862. The number of allylic oxidation sites excluding steroid dienone is 2. The van der Waals surface area contributed by atoms with Gasteiger partial charge < -0.3 is 4.90 Å². The van der Waals surface area contributed by atoms with E-state index in [0.29, 0.717) is 17.9 Å². The van der Waals surface area contributed by atoms with Crippen molar-refractivity contribution < 1.29 is 9.85 Å². The van der Waals surface area contributed by atoms with Crippen LogP contribution in [-0.4, -0.2) is 21.4 Å². The molecule has 0 aliphatic carbocycles. The third-order valence-corrected chi connectivity index (χ3v) is 3.55. The fraction of sp³-hybridized carbons (Fsp3) is 0.0625. The maximum absolute atomic E-state index is 11.4. The molecule has 2 aromatic rings. The molecule has 8 nitrogen and oxygen atoms in total. The largest absolute Gasteiger partial charge is 0.330 e. The van der Waals surface area contributed by atoms with Gasteiger partial charge >= 0.3 is 0 Å². The molecule has 0 saturated heterocycles. The van der Waals surface area contributed by atoms with Crippen LogP contribution in [0.1, 0.15) is 5.69 Å². The zero-order valence-corrected chi connectivity index (χ0v) is 12.4. The number of pyridine rings is 1. The summed E-state index contributed by atoms with van der Waals surface area (Å²) in [5.74, 6) is 0. The lowest BCUT2D eigenvalue weighted by atomic mass is 10.1. The first-order valence-corrected chi connectivity index (χ1v) is 7.06. The quantitative estimate of drug-likeness (QED) is 0.631. The number of aromatic nitrogens is 1. The van der Waals surface area contributed by atoms with Crippen LogP contribution in [-0.2, 0) is 0 Å². The summed E-state index contributed by atoms with van der Waals surface area (Å²) in [7, 11) is 0. The Balaban J connectivity index is 2.10. The van der Waals surface area contributed by atoms with E-state index >= 15 is 0 Å². The molecule has 1 aromatic heterocycles. The number of anilines is 1. The number of rotatable bonds is 4. The molecule has 0 radical (unpaired) electrons. The predicted octanol–water partition coefficient (Wildman–Crippen LogP) is 3.32. The van der Waals surface area contributed by atoms with Crippen molar-refractivity contribution in [2.24, 2.45) is 0 Å². The van der Waals surface area contributed by atoms with E-state index in [0.717, 1.165) is 6.07 Å². The third-order valence-electron chi connectivity index (χ3n) is 3.55. The number of benzene rings is 1. The van der Waals surface area contributed by atoms with Gasteiger partial charge in [-0.05, 0) is 24.3 Å². The molecule has 0 unspecified atom stereocenters. The van der Waals surface area contributed by atoms with Crippen molar-refractivity contribution in [3.63, 3.8) is 0 Å². The molecule has 0 amide bonds. The number of non-ortho nitro benzene ring substituents is 1. The molecule has 0 spiro atoms. The Morgan fingerprint density at radius 3 is 2.58 bits per heavy atom. The number of hydrogen-bond acceptors (Lipinski definition) is 6. The van der Waals surface area contributed by atoms with E-state index in [9.17, 15) is 20.2 Å². The second kappa shape index (κ2) is 6.29. The van der Waals surface area contributed by atoms with E-state index in [4.69, 9.17) is 0 Å². The summed E-state index contributed by atoms with van der Waals surface area (Å²) in [5.41, 5.74) is 0.999. The number of nitro groups is 2. The molecule has 1 aliphatic heterocycles. The molecular weight excluding hydrogens is 312 g/mol. The maximum atomic E-state index is 11.4. The van der Waals surface area contributed by atoms with Crippen molar-refractivity contribution in [3.8, 4) is 0 Å². The lowest BCUT2D eigenvalue weighted by Gasteiger charge is -2.27. The SMILES string of the molecule is O=[N+]([O-])c1ccc(N2CC=CC=C2c2ccccn2)c([N+](=O)[O-])c1. The van der Waals surface area contributed by atoms with Gasteiger partial charge in [0.2, 0.25) is 0 Å². The van der Waals surface area contributed by atoms with Gasteiger partial charge in [-0.15, -0.1) is 0 Å². The molecule has 0 fully saturated rings. The monoisotopic (exact) mass is 324 g/mol. The van der Waals surface area contributed by atoms with Crippen LogP contribution in [0.4, 0.5) is 17.1 Å². The lowest BCUT2D eigenvalue weighted by molar-refractivity contribution is -0.393. The van der Waals surface area contributed by atoms with Crippen LogP contribution in [0.3, 0.4) is 0 Å². The van der Waals surface area contributed by atoms with E-state index < -0.39 is 9.85 Å². The number of nitro benzene ring substituents is 2. The summed E-state index contributed by atoms with van der Waals surface area (Å²) >= 11 is 0. The minimum absolute atomic E-state index is 0.284. The second-order valence-corrected chi connectivity index (χ2v) is 4.99. The van der Waals surface area contributed by atoms with Gasteiger partial charge in [-0.1, -0.05) is 18.2 Å². The Labute approximate surface area is 136 Å². The zero-order valence-electron chi connectivity index (χ0n) is 12.4. The first-order chi connectivity index (χ1) is 11.6. The highest BCUT2D eigenvalue weighted by Crippen LogP contribution is 2.36. The highest BCUT2D eigenvalue weighted by Gasteiger charge is 2.26. The van der Waals surface area contributed by atoms with Gasteiger partial charge in [0.05, 0.1) is 27.3 Å². The molecule has 120 valence electrons. The molecular formula is C16H12N4O4.